The smallest absolute Gasteiger partial charge is 0.310 e. The average molecular weight is 209 g/mol. The molecule has 0 aromatic heterocycles. The van der Waals surface area contributed by atoms with Crippen LogP contribution < -0.4 is 10.5 Å². The Hall–Kier alpha value is -1.71. The van der Waals surface area contributed by atoms with Crippen LogP contribution in [0.1, 0.15) is 12.5 Å². The number of anilines is 1. The fourth-order valence-corrected chi connectivity index (χ4v) is 1.27. The van der Waals surface area contributed by atoms with Crippen molar-refractivity contribution in [3.05, 3.63) is 23.8 Å². The van der Waals surface area contributed by atoms with Crippen molar-refractivity contribution >= 4 is 11.7 Å². The van der Waals surface area contributed by atoms with Gasteiger partial charge in [0, 0.05) is 17.3 Å². The maximum atomic E-state index is 11.3. The molecule has 1 rings (SSSR count). The van der Waals surface area contributed by atoms with Crippen LogP contribution in [0.2, 0.25) is 0 Å². The van der Waals surface area contributed by atoms with E-state index >= 15 is 0 Å². The molecule has 0 amide bonds. The van der Waals surface area contributed by atoms with Crippen LogP contribution in [0, 0.1) is 0 Å². The number of rotatable bonds is 4. The molecule has 0 unspecified atom stereocenters. The van der Waals surface area contributed by atoms with E-state index in [1.54, 1.807) is 32.2 Å². The predicted octanol–water partition coefficient (Wildman–Crippen LogP) is 1.38. The molecule has 0 aliphatic heterocycles. The maximum absolute atomic E-state index is 11.3. The molecule has 4 nitrogen and oxygen atoms in total. The lowest BCUT2D eigenvalue weighted by Gasteiger charge is -2.08. The van der Waals surface area contributed by atoms with Crippen molar-refractivity contribution in [1.82, 2.24) is 0 Å². The molecule has 0 heterocycles. The van der Waals surface area contributed by atoms with Crippen molar-refractivity contribution in [2.75, 3.05) is 19.5 Å². The largest absolute Gasteiger partial charge is 0.496 e. The van der Waals surface area contributed by atoms with E-state index in [-0.39, 0.29) is 12.4 Å². The van der Waals surface area contributed by atoms with Crippen molar-refractivity contribution in [2.24, 2.45) is 0 Å². The van der Waals surface area contributed by atoms with Crippen LogP contribution in [0.4, 0.5) is 5.69 Å². The summed E-state index contributed by atoms with van der Waals surface area (Å²) in [4.78, 5) is 11.3. The van der Waals surface area contributed by atoms with Gasteiger partial charge in [0.2, 0.25) is 0 Å². The summed E-state index contributed by atoms with van der Waals surface area (Å²) in [5.74, 6) is 0.351. The molecule has 0 saturated carbocycles. The number of carbonyl (C=O) groups excluding carboxylic acids is 1. The van der Waals surface area contributed by atoms with E-state index in [0.29, 0.717) is 18.0 Å². The number of hydrogen-bond donors (Lipinski definition) is 1. The minimum atomic E-state index is -0.263. The minimum absolute atomic E-state index is 0.206. The molecule has 0 bridgehead atoms. The van der Waals surface area contributed by atoms with E-state index in [9.17, 15) is 4.79 Å². The predicted molar refractivity (Wildman–Crippen MR) is 57.7 cm³/mol. The number of hydrogen-bond acceptors (Lipinski definition) is 4. The highest BCUT2D eigenvalue weighted by atomic mass is 16.5. The van der Waals surface area contributed by atoms with Crippen molar-refractivity contribution in [3.8, 4) is 5.75 Å². The molecule has 1 aromatic rings. The molecule has 2 N–H and O–H groups in total. The van der Waals surface area contributed by atoms with Crippen LogP contribution in [-0.2, 0) is 16.0 Å². The number of nitrogen functional groups attached to an aromatic ring is 1. The Morgan fingerprint density at radius 1 is 1.47 bits per heavy atom. The number of benzene rings is 1. The Kier molecular flexibility index (Phi) is 3.97. The number of esters is 1. The summed E-state index contributed by atoms with van der Waals surface area (Å²) in [6.07, 6.45) is 0.206. The van der Waals surface area contributed by atoms with Crippen LogP contribution in [0.15, 0.2) is 18.2 Å². The van der Waals surface area contributed by atoms with Gasteiger partial charge in [0.05, 0.1) is 20.1 Å². The normalized spacial score (nSPS) is 9.73. The molecule has 1 aromatic carbocycles. The number of methoxy groups -OCH3 is 1. The average Bonchev–Trinajstić information content (AvgIpc) is 2.21. The van der Waals surface area contributed by atoms with Gasteiger partial charge >= 0.3 is 5.97 Å². The molecular formula is C11H15NO3. The molecule has 0 spiro atoms. The quantitative estimate of drug-likeness (QED) is 0.601. The monoisotopic (exact) mass is 209 g/mol. The maximum Gasteiger partial charge on any atom is 0.310 e. The lowest BCUT2D eigenvalue weighted by Crippen LogP contribution is -2.08. The van der Waals surface area contributed by atoms with E-state index in [4.69, 9.17) is 15.2 Å². The van der Waals surface area contributed by atoms with Crippen LogP contribution in [0.25, 0.3) is 0 Å². The van der Waals surface area contributed by atoms with Crippen molar-refractivity contribution in [3.63, 3.8) is 0 Å². The lowest BCUT2D eigenvalue weighted by atomic mass is 10.1. The topological polar surface area (TPSA) is 61.5 Å². The third-order valence-corrected chi connectivity index (χ3v) is 1.95. The zero-order chi connectivity index (χ0) is 11.3. The molecular weight excluding hydrogens is 194 g/mol. The summed E-state index contributed by atoms with van der Waals surface area (Å²) in [5.41, 5.74) is 6.99. The first-order valence-electron chi connectivity index (χ1n) is 4.75. The third kappa shape index (κ3) is 3.16. The van der Waals surface area contributed by atoms with Gasteiger partial charge in [0.15, 0.2) is 0 Å². The van der Waals surface area contributed by atoms with Crippen LogP contribution in [0.5, 0.6) is 5.75 Å². The summed E-state index contributed by atoms with van der Waals surface area (Å²) >= 11 is 0. The highest BCUT2D eigenvalue weighted by Gasteiger charge is 2.09. The second-order valence-corrected chi connectivity index (χ2v) is 3.05. The van der Waals surface area contributed by atoms with Gasteiger partial charge in [0.25, 0.3) is 0 Å². The van der Waals surface area contributed by atoms with Crippen LogP contribution in [-0.4, -0.2) is 19.7 Å². The molecule has 0 radical (unpaired) electrons. The van der Waals surface area contributed by atoms with Crippen molar-refractivity contribution < 1.29 is 14.3 Å². The number of carbonyl (C=O) groups is 1. The standard InChI is InChI=1S/C11H15NO3/c1-3-15-11(13)6-8-4-5-9(12)7-10(8)14-2/h4-5,7H,3,6,12H2,1-2H3. The fourth-order valence-electron chi connectivity index (χ4n) is 1.27. The van der Waals surface area contributed by atoms with Gasteiger partial charge in [-0.3, -0.25) is 4.79 Å². The summed E-state index contributed by atoms with van der Waals surface area (Å²) in [7, 11) is 1.55. The fraction of sp³-hybridized carbons (Fsp3) is 0.364. The van der Waals surface area contributed by atoms with Gasteiger partial charge in [-0.05, 0) is 13.0 Å². The van der Waals surface area contributed by atoms with E-state index in [0.717, 1.165) is 5.56 Å². The molecule has 15 heavy (non-hydrogen) atoms. The Bertz CT molecular complexity index is 350. The molecule has 0 aliphatic rings. The lowest BCUT2D eigenvalue weighted by molar-refractivity contribution is -0.142. The Morgan fingerprint density at radius 2 is 2.20 bits per heavy atom. The zero-order valence-electron chi connectivity index (χ0n) is 8.95. The Morgan fingerprint density at radius 3 is 2.80 bits per heavy atom. The van der Waals surface area contributed by atoms with Gasteiger partial charge in [-0.1, -0.05) is 6.07 Å². The van der Waals surface area contributed by atoms with E-state index in [1.807, 2.05) is 0 Å². The zero-order valence-corrected chi connectivity index (χ0v) is 8.95. The van der Waals surface area contributed by atoms with Gasteiger partial charge in [-0.25, -0.2) is 0 Å². The van der Waals surface area contributed by atoms with Crippen molar-refractivity contribution in [2.45, 2.75) is 13.3 Å². The number of ether oxygens (including phenoxy) is 2. The molecule has 0 atom stereocenters. The molecule has 0 fully saturated rings. The SMILES string of the molecule is CCOC(=O)Cc1ccc(N)cc1OC. The first-order chi connectivity index (χ1) is 7.17. The van der Waals surface area contributed by atoms with E-state index < -0.39 is 0 Å². The third-order valence-electron chi connectivity index (χ3n) is 1.95. The van der Waals surface area contributed by atoms with Gasteiger partial charge in [-0.15, -0.1) is 0 Å². The van der Waals surface area contributed by atoms with Crippen LogP contribution in [0.3, 0.4) is 0 Å². The highest BCUT2D eigenvalue weighted by molar-refractivity contribution is 5.74. The van der Waals surface area contributed by atoms with Gasteiger partial charge < -0.3 is 15.2 Å². The summed E-state index contributed by atoms with van der Waals surface area (Å²) < 4.78 is 9.97. The van der Waals surface area contributed by atoms with Crippen LogP contribution >= 0.6 is 0 Å². The summed E-state index contributed by atoms with van der Waals surface area (Å²) in [6, 6.07) is 5.19. The van der Waals surface area contributed by atoms with Gasteiger partial charge in [0.1, 0.15) is 5.75 Å². The van der Waals surface area contributed by atoms with E-state index in [1.165, 1.54) is 0 Å². The minimum Gasteiger partial charge on any atom is -0.496 e. The summed E-state index contributed by atoms with van der Waals surface area (Å²) in [6.45, 7) is 2.16. The number of nitrogens with two attached hydrogens (primary N) is 1. The van der Waals surface area contributed by atoms with Crippen molar-refractivity contribution in [1.29, 1.82) is 0 Å². The summed E-state index contributed by atoms with van der Waals surface area (Å²) in [5, 5.41) is 0. The molecule has 82 valence electrons. The molecule has 0 saturated heterocycles. The first kappa shape index (κ1) is 11.4. The first-order valence-corrected chi connectivity index (χ1v) is 4.75. The second kappa shape index (κ2) is 5.24. The Labute approximate surface area is 89.0 Å². The van der Waals surface area contributed by atoms with Gasteiger partial charge in [-0.2, -0.15) is 0 Å². The molecule has 4 heteroatoms. The highest BCUT2D eigenvalue weighted by Crippen LogP contribution is 2.22. The second-order valence-electron chi connectivity index (χ2n) is 3.05. The van der Waals surface area contributed by atoms with E-state index in [2.05, 4.69) is 0 Å². The molecule has 0 aliphatic carbocycles. The Balaban J connectivity index is 2.80.